The summed E-state index contributed by atoms with van der Waals surface area (Å²) in [5.74, 6) is -0.0377. The molecular weight excluding hydrogens is 863 g/mol. The molecule has 0 spiro atoms. The van der Waals surface area contributed by atoms with E-state index in [0.717, 1.165) is 44.9 Å². The van der Waals surface area contributed by atoms with E-state index in [9.17, 15) is 19.8 Å². The summed E-state index contributed by atoms with van der Waals surface area (Å²) in [6, 6.07) is -0.547. The summed E-state index contributed by atoms with van der Waals surface area (Å²) in [7, 11) is 0. The molecule has 0 saturated carbocycles. The number of rotatable bonds is 59. The molecule has 0 aliphatic rings. The molecule has 0 heterocycles. The molecule has 0 aromatic carbocycles. The van der Waals surface area contributed by atoms with Crippen LogP contribution in [0.1, 0.15) is 348 Å². The van der Waals surface area contributed by atoms with Crippen LogP contribution in [0.4, 0.5) is 0 Å². The van der Waals surface area contributed by atoms with Crippen LogP contribution in [0.5, 0.6) is 0 Å². The molecule has 0 bridgehead atoms. The van der Waals surface area contributed by atoms with Gasteiger partial charge in [0.25, 0.3) is 0 Å². The number of hydrogen-bond acceptors (Lipinski definition) is 5. The Hall–Kier alpha value is -1.66. The van der Waals surface area contributed by atoms with Crippen molar-refractivity contribution >= 4 is 11.9 Å². The first-order chi connectivity index (χ1) is 34.5. The van der Waals surface area contributed by atoms with E-state index in [1.807, 2.05) is 0 Å². The normalized spacial score (nSPS) is 12.7. The minimum absolute atomic E-state index is 0.00187. The number of allylic oxidation sites excluding steroid dienone is 4. The Kier molecular flexibility index (Phi) is 58.5. The van der Waals surface area contributed by atoms with Gasteiger partial charge < -0.3 is 20.3 Å². The van der Waals surface area contributed by atoms with E-state index in [2.05, 4.69) is 43.5 Å². The van der Waals surface area contributed by atoms with Gasteiger partial charge in [0.05, 0.1) is 25.4 Å². The van der Waals surface area contributed by atoms with Crippen molar-refractivity contribution < 1.29 is 24.5 Å². The quantitative estimate of drug-likeness (QED) is 0.0321. The Labute approximate surface area is 437 Å². The van der Waals surface area contributed by atoms with Gasteiger partial charge in [0.1, 0.15) is 0 Å². The van der Waals surface area contributed by atoms with Crippen LogP contribution in [-0.2, 0) is 14.3 Å². The van der Waals surface area contributed by atoms with E-state index in [1.54, 1.807) is 0 Å². The fraction of sp³-hybridized carbons (Fsp3) is 0.906. The highest BCUT2D eigenvalue weighted by molar-refractivity contribution is 5.76. The Morgan fingerprint density at radius 1 is 0.386 bits per heavy atom. The molecule has 70 heavy (non-hydrogen) atoms. The van der Waals surface area contributed by atoms with Crippen LogP contribution in [0.3, 0.4) is 0 Å². The fourth-order valence-corrected chi connectivity index (χ4v) is 9.87. The third kappa shape index (κ3) is 55.7. The summed E-state index contributed by atoms with van der Waals surface area (Å²) in [5.41, 5.74) is 0. The number of esters is 1. The molecule has 2 atom stereocenters. The van der Waals surface area contributed by atoms with E-state index in [4.69, 9.17) is 4.74 Å². The summed E-state index contributed by atoms with van der Waals surface area (Å²) in [4.78, 5) is 24.5. The Balaban J connectivity index is 3.42. The van der Waals surface area contributed by atoms with Crippen LogP contribution in [0, 0.1) is 0 Å². The van der Waals surface area contributed by atoms with Crippen LogP contribution < -0.4 is 5.32 Å². The van der Waals surface area contributed by atoms with Gasteiger partial charge in [-0.2, -0.15) is 0 Å². The molecule has 2 unspecified atom stereocenters. The molecule has 1 amide bonds. The number of nitrogens with one attached hydrogen (secondary N) is 1. The zero-order valence-electron chi connectivity index (χ0n) is 47.3. The number of hydrogen-bond donors (Lipinski definition) is 3. The molecular formula is C64H123NO5. The largest absolute Gasteiger partial charge is 0.466 e. The first-order valence-electron chi connectivity index (χ1n) is 31.6. The summed E-state index contributed by atoms with van der Waals surface area (Å²) in [5, 5.41) is 23.3. The van der Waals surface area contributed by atoms with E-state index in [0.29, 0.717) is 25.9 Å². The van der Waals surface area contributed by atoms with Crippen molar-refractivity contribution in [3.05, 3.63) is 24.3 Å². The molecule has 0 aromatic heterocycles. The molecule has 6 heteroatoms. The lowest BCUT2D eigenvalue weighted by molar-refractivity contribution is -0.143. The van der Waals surface area contributed by atoms with Crippen LogP contribution >= 0.6 is 0 Å². The van der Waals surface area contributed by atoms with Gasteiger partial charge >= 0.3 is 5.97 Å². The zero-order valence-corrected chi connectivity index (χ0v) is 47.3. The van der Waals surface area contributed by atoms with Crippen LogP contribution in [-0.4, -0.2) is 47.4 Å². The summed E-state index contributed by atoms with van der Waals surface area (Å²) in [6.45, 7) is 4.96. The monoisotopic (exact) mass is 986 g/mol. The second-order valence-corrected chi connectivity index (χ2v) is 21.7. The van der Waals surface area contributed by atoms with Gasteiger partial charge in [-0.15, -0.1) is 0 Å². The maximum absolute atomic E-state index is 12.5. The highest BCUT2D eigenvalue weighted by Gasteiger charge is 2.20. The predicted octanol–water partition coefficient (Wildman–Crippen LogP) is 19.8. The first-order valence-corrected chi connectivity index (χ1v) is 31.6. The molecule has 0 fully saturated rings. The van der Waals surface area contributed by atoms with Crippen molar-refractivity contribution in [2.75, 3.05) is 13.2 Å². The fourth-order valence-electron chi connectivity index (χ4n) is 9.87. The van der Waals surface area contributed by atoms with Crippen LogP contribution in [0.25, 0.3) is 0 Å². The minimum Gasteiger partial charge on any atom is -0.466 e. The smallest absolute Gasteiger partial charge is 0.305 e. The number of carbonyl (C=O) groups is 2. The third-order valence-corrected chi connectivity index (χ3v) is 14.7. The lowest BCUT2D eigenvalue weighted by Crippen LogP contribution is -2.45. The van der Waals surface area contributed by atoms with Gasteiger partial charge in [-0.1, -0.05) is 282 Å². The van der Waals surface area contributed by atoms with Gasteiger partial charge in [0, 0.05) is 12.8 Å². The van der Waals surface area contributed by atoms with Crippen molar-refractivity contribution in [3.8, 4) is 0 Å². The molecule has 0 aliphatic heterocycles. The molecule has 6 nitrogen and oxygen atoms in total. The molecule has 0 aromatic rings. The number of carbonyl (C=O) groups excluding carboxylic acids is 2. The summed E-state index contributed by atoms with van der Waals surface area (Å²) in [6.07, 6.45) is 73.3. The van der Waals surface area contributed by atoms with Crippen molar-refractivity contribution in [2.24, 2.45) is 0 Å². The van der Waals surface area contributed by atoms with E-state index in [-0.39, 0.29) is 18.5 Å². The minimum atomic E-state index is -0.669. The molecule has 0 rings (SSSR count). The van der Waals surface area contributed by atoms with Crippen LogP contribution in [0.15, 0.2) is 24.3 Å². The predicted molar refractivity (Wildman–Crippen MR) is 306 cm³/mol. The molecule has 3 N–H and O–H groups in total. The average Bonchev–Trinajstić information content (AvgIpc) is 3.36. The standard InChI is InChI=1S/C64H123NO5/c1-3-5-7-9-11-13-15-17-19-26-29-32-36-40-44-48-52-56-62(67)61(60-66)65-63(68)57-53-49-45-41-37-33-30-27-24-22-20-21-23-25-28-31-35-39-43-47-51-55-59-70-64(69)58-54-50-46-42-38-34-18-16-14-12-10-8-6-4-2/h16,18,22,24,61-62,66-67H,3-15,17,19-21,23,25-60H2,1-2H3,(H,65,68)/b18-16-,24-22-. The highest BCUT2D eigenvalue weighted by Crippen LogP contribution is 2.18. The van der Waals surface area contributed by atoms with Gasteiger partial charge in [0.15, 0.2) is 0 Å². The maximum Gasteiger partial charge on any atom is 0.305 e. The van der Waals surface area contributed by atoms with Gasteiger partial charge in [-0.3, -0.25) is 9.59 Å². The molecule has 0 saturated heterocycles. The molecule has 0 radical (unpaired) electrons. The lowest BCUT2D eigenvalue weighted by Gasteiger charge is -2.22. The number of amides is 1. The number of unbranched alkanes of at least 4 members (excludes halogenated alkanes) is 44. The summed E-state index contributed by atoms with van der Waals surface area (Å²) < 4.78 is 5.48. The first kappa shape index (κ1) is 68.3. The number of ether oxygens (including phenoxy) is 1. The second kappa shape index (κ2) is 59.9. The topological polar surface area (TPSA) is 95.9 Å². The molecule has 0 aliphatic carbocycles. The van der Waals surface area contributed by atoms with E-state index in [1.165, 1.54) is 270 Å². The second-order valence-electron chi connectivity index (χ2n) is 21.7. The Morgan fingerprint density at radius 3 is 1.01 bits per heavy atom. The molecule has 414 valence electrons. The highest BCUT2D eigenvalue weighted by atomic mass is 16.5. The number of aliphatic hydroxyl groups is 2. The third-order valence-electron chi connectivity index (χ3n) is 14.7. The van der Waals surface area contributed by atoms with Gasteiger partial charge in [-0.05, 0) is 77.0 Å². The SMILES string of the molecule is CCCCCCC/C=C\CCCCCCCC(=O)OCCCCCCCCCCCCC/C=C\CCCCCCCCCC(=O)NC(CO)C(O)CCCCCCCCCCCCCCCCCCC. The van der Waals surface area contributed by atoms with Crippen molar-refractivity contribution in [2.45, 2.75) is 360 Å². The number of aliphatic hydroxyl groups excluding tert-OH is 2. The maximum atomic E-state index is 12.5. The lowest BCUT2D eigenvalue weighted by atomic mass is 10.0. The Morgan fingerprint density at radius 2 is 0.671 bits per heavy atom. The zero-order chi connectivity index (χ0) is 50.7. The summed E-state index contributed by atoms with van der Waals surface area (Å²) >= 11 is 0. The van der Waals surface area contributed by atoms with Crippen molar-refractivity contribution in [1.29, 1.82) is 0 Å². The van der Waals surface area contributed by atoms with Gasteiger partial charge in [0.2, 0.25) is 5.91 Å². The van der Waals surface area contributed by atoms with E-state index < -0.39 is 12.1 Å². The van der Waals surface area contributed by atoms with Crippen molar-refractivity contribution in [3.63, 3.8) is 0 Å². The average molecular weight is 987 g/mol. The van der Waals surface area contributed by atoms with Crippen molar-refractivity contribution in [1.82, 2.24) is 5.32 Å². The van der Waals surface area contributed by atoms with E-state index >= 15 is 0 Å². The van der Waals surface area contributed by atoms with Gasteiger partial charge in [-0.25, -0.2) is 0 Å². The Bertz CT molecular complexity index is 1090. The van der Waals surface area contributed by atoms with Crippen LogP contribution in [0.2, 0.25) is 0 Å².